The third-order valence-electron chi connectivity index (χ3n) is 6.08. The summed E-state index contributed by atoms with van der Waals surface area (Å²) in [5, 5.41) is 1.81. The number of hydrogen-bond donors (Lipinski definition) is 0. The Kier molecular flexibility index (Phi) is 4.87. The summed E-state index contributed by atoms with van der Waals surface area (Å²) >= 11 is 0. The number of halogens is 1. The molecule has 0 amide bonds. The van der Waals surface area contributed by atoms with Crippen LogP contribution in [-0.4, -0.2) is 52.6 Å². The molecule has 2 aliphatic heterocycles. The van der Waals surface area contributed by atoms with Crippen LogP contribution in [0.25, 0.3) is 10.8 Å². The van der Waals surface area contributed by atoms with Crippen LogP contribution >= 0.6 is 0 Å². The lowest BCUT2D eigenvalue weighted by atomic mass is 10.1. The average Bonchev–Trinajstić information content (AvgIpc) is 2.98. The van der Waals surface area contributed by atoms with Gasteiger partial charge >= 0.3 is 0 Å². The molecule has 0 bridgehead atoms. The first-order valence-corrected chi connectivity index (χ1v) is 11.8. The zero-order valence-electron chi connectivity index (χ0n) is 16.7. The van der Waals surface area contributed by atoms with Gasteiger partial charge in [-0.05, 0) is 48.2 Å². The lowest BCUT2D eigenvalue weighted by Crippen LogP contribution is -2.47. The number of piperazine rings is 1. The fourth-order valence-electron chi connectivity index (χ4n) is 4.52. The van der Waals surface area contributed by atoms with E-state index in [2.05, 4.69) is 9.80 Å². The zero-order chi connectivity index (χ0) is 20.7. The molecule has 2 heterocycles. The van der Waals surface area contributed by atoms with Crippen molar-refractivity contribution in [2.45, 2.75) is 11.3 Å². The molecule has 1 saturated heterocycles. The smallest absolute Gasteiger partial charge is 0.265 e. The molecule has 0 saturated carbocycles. The summed E-state index contributed by atoms with van der Waals surface area (Å²) in [5.41, 5.74) is 1.84. The van der Waals surface area contributed by atoms with Gasteiger partial charge in [-0.2, -0.15) is 0 Å². The lowest BCUT2D eigenvalue weighted by Gasteiger charge is -2.36. The van der Waals surface area contributed by atoms with E-state index in [0.29, 0.717) is 11.4 Å². The molecular formula is C23H24FN3O2S. The minimum atomic E-state index is -3.47. The van der Waals surface area contributed by atoms with Gasteiger partial charge < -0.3 is 4.90 Å². The normalized spacial score (nSPS) is 18.3. The quantitative estimate of drug-likeness (QED) is 0.627. The highest BCUT2D eigenvalue weighted by Gasteiger charge is 2.35. The summed E-state index contributed by atoms with van der Waals surface area (Å²) in [6, 6.07) is 17.9. The summed E-state index contributed by atoms with van der Waals surface area (Å²) in [5.74, 6) is -0.216. The number of sulfonamides is 1. The van der Waals surface area contributed by atoms with E-state index < -0.39 is 10.0 Å². The fourth-order valence-corrected chi connectivity index (χ4v) is 6.27. The predicted molar refractivity (Wildman–Crippen MR) is 118 cm³/mol. The molecule has 2 aliphatic rings. The second-order valence-corrected chi connectivity index (χ2v) is 9.70. The highest BCUT2D eigenvalue weighted by molar-refractivity contribution is 7.93. The molecule has 30 heavy (non-hydrogen) atoms. The first kappa shape index (κ1) is 19.3. The maximum absolute atomic E-state index is 13.1. The van der Waals surface area contributed by atoms with Crippen molar-refractivity contribution in [1.82, 2.24) is 4.90 Å². The second kappa shape index (κ2) is 7.56. The van der Waals surface area contributed by atoms with Crippen LogP contribution in [0.15, 0.2) is 65.6 Å². The Morgan fingerprint density at radius 2 is 1.53 bits per heavy atom. The number of rotatable bonds is 5. The van der Waals surface area contributed by atoms with E-state index in [4.69, 9.17) is 0 Å². The predicted octanol–water partition coefficient (Wildman–Crippen LogP) is 3.70. The van der Waals surface area contributed by atoms with E-state index in [1.807, 2.05) is 42.5 Å². The van der Waals surface area contributed by atoms with Crippen molar-refractivity contribution >= 4 is 32.2 Å². The molecule has 7 heteroatoms. The van der Waals surface area contributed by atoms with Crippen LogP contribution in [0.4, 0.5) is 15.8 Å². The summed E-state index contributed by atoms with van der Waals surface area (Å²) in [4.78, 5) is 5.05. The minimum absolute atomic E-state index is 0.216. The Hall–Kier alpha value is -2.64. The third kappa shape index (κ3) is 3.32. The Morgan fingerprint density at radius 3 is 2.27 bits per heavy atom. The minimum Gasteiger partial charge on any atom is -0.369 e. The van der Waals surface area contributed by atoms with Gasteiger partial charge in [0.25, 0.3) is 10.0 Å². The van der Waals surface area contributed by atoms with Gasteiger partial charge in [-0.3, -0.25) is 9.21 Å². The van der Waals surface area contributed by atoms with Crippen molar-refractivity contribution in [1.29, 1.82) is 0 Å². The van der Waals surface area contributed by atoms with Crippen LogP contribution in [0.5, 0.6) is 0 Å². The van der Waals surface area contributed by atoms with E-state index in [1.54, 1.807) is 10.4 Å². The van der Waals surface area contributed by atoms with Crippen molar-refractivity contribution in [3.05, 3.63) is 66.5 Å². The maximum atomic E-state index is 13.1. The van der Waals surface area contributed by atoms with Gasteiger partial charge in [0.15, 0.2) is 0 Å². The maximum Gasteiger partial charge on any atom is 0.265 e. The van der Waals surface area contributed by atoms with Crippen LogP contribution < -0.4 is 9.21 Å². The van der Waals surface area contributed by atoms with Gasteiger partial charge in [0.2, 0.25) is 0 Å². The zero-order valence-corrected chi connectivity index (χ0v) is 17.5. The van der Waals surface area contributed by atoms with Gasteiger partial charge in [-0.15, -0.1) is 0 Å². The summed E-state index contributed by atoms with van der Waals surface area (Å²) in [6.07, 6.45) is 0.778. The number of benzene rings is 3. The van der Waals surface area contributed by atoms with Gasteiger partial charge in [-0.25, -0.2) is 12.8 Å². The highest BCUT2D eigenvalue weighted by Crippen LogP contribution is 2.41. The van der Waals surface area contributed by atoms with Crippen molar-refractivity contribution < 1.29 is 12.8 Å². The molecule has 0 aliphatic carbocycles. The SMILES string of the molecule is O=S1(=O)c2cccc3cccc(c23)N1CCCN1CCN(c2ccc([18F])cc2)CC1. The first-order valence-electron chi connectivity index (χ1n) is 10.3. The molecule has 156 valence electrons. The molecule has 0 spiro atoms. The Morgan fingerprint density at radius 1 is 0.833 bits per heavy atom. The van der Waals surface area contributed by atoms with Crippen molar-refractivity contribution in [3.8, 4) is 0 Å². The van der Waals surface area contributed by atoms with Crippen LogP contribution in [0, 0.1) is 5.82 Å². The average molecular weight is 425 g/mol. The standard InChI is InChI=1S/C23H24FN3O2S/c24-19-8-10-20(11-9-19)26-16-14-25(15-17-26)12-3-13-27-21-6-1-4-18-5-2-7-22(23(18)21)30(27,28)29/h1-2,4-11H,3,12-17H2/i24-1. The fraction of sp³-hybridized carbons (Fsp3) is 0.304. The third-order valence-corrected chi connectivity index (χ3v) is 7.94. The largest absolute Gasteiger partial charge is 0.369 e. The Bertz CT molecular complexity index is 1170. The monoisotopic (exact) mass is 424 g/mol. The van der Waals surface area contributed by atoms with E-state index >= 15 is 0 Å². The van der Waals surface area contributed by atoms with Gasteiger partial charge in [0, 0.05) is 50.3 Å². The van der Waals surface area contributed by atoms with Crippen LogP contribution in [0.3, 0.4) is 0 Å². The van der Waals surface area contributed by atoms with Crippen molar-refractivity contribution in [3.63, 3.8) is 0 Å². The van der Waals surface area contributed by atoms with Gasteiger partial charge in [0.05, 0.1) is 10.6 Å². The number of anilines is 2. The molecule has 5 rings (SSSR count). The molecule has 1 fully saturated rings. The molecule has 0 N–H and O–H groups in total. The molecule has 3 aromatic carbocycles. The Balaban J connectivity index is 1.20. The molecule has 0 unspecified atom stereocenters. The van der Waals surface area contributed by atoms with E-state index in [0.717, 1.165) is 61.3 Å². The van der Waals surface area contributed by atoms with Crippen LogP contribution in [0.1, 0.15) is 6.42 Å². The molecule has 0 aromatic heterocycles. The van der Waals surface area contributed by atoms with Crippen LogP contribution in [-0.2, 0) is 10.0 Å². The van der Waals surface area contributed by atoms with Gasteiger partial charge in [0.1, 0.15) is 5.82 Å². The summed E-state index contributed by atoms with van der Waals surface area (Å²) < 4.78 is 40.8. The summed E-state index contributed by atoms with van der Waals surface area (Å²) in [7, 11) is -3.47. The summed E-state index contributed by atoms with van der Waals surface area (Å²) in [6.45, 7) is 4.94. The second-order valence-electron chi connectivity index (χ2n) is 7.87. The highest BCUT2D eigenvalue weighted by atomic mass is 32.2. The molecule has 0 atom stereocenters. The number of hydrogen-bond acceptors (Lipinski definition) is 4. The lowest BCUT2D eigenvalue weighted by molar-refractivity contribution is 0.256. The van der Waals surface area contributed by atoms with E-state index in [9.17, 15) is 12.8 Å². The van der Waals surface area contributed by atoms with Crippen molar-refractivity contribution in [2.75, 3.05) is 48.5 Å². The number of nitrogens with zero attached hydrogens (tertiary/aromatic N) is 3. The van der Waals surface area contributed by atoms with Crippen LogP contribution in [0.2, 0.25) is 0 Å². The topological polar surface area (TPSA) is 43.9 Å². The van der Waals surface area contributed by atoms with Gasteiger partial charge in [-0.1, -0.05) is 24.3 Å². The molecule has 3 aromatic rings. The molecule has 5 nitrogen and oxygen atoms in total. The molecular weight excluding hydrogens is 400 g/mol. The van der Waals surface area contributed by atoms with Crippen molar-refractivity contribution in [2.24, 2.45) is 0 Å². The Labute approximate surface area is 176 Å². The first-order chi connectivity index (χ1) is 14.5. The van der Waals surface area contributed by atoms with E-state index in [-0.39, 0.29) is 5.82 Å². The molecule has 0 radical (unpaired) electrons. The van der Waals surface area contributed by atoms with E-state index in [1.165, 1.54) is 12.1 Å².